The molecule has 92 valence electrons. The maximum Gasteiger partial charge on any atom is 0.338 e. The second kappa shape index (κ2) is 4.75. The standard InChI is InChI=1S/C13H16O4/c1-13(7-16-8-13)9-17-12(14)10-3-5-11(15-2)6-4-10/h3-6H,7-9H2,1-2H3. The summed E-state index contributed by atoms with van der Waals surface area (Å²) in [7, 11) is 1.59. The summed E-state index contributed by atoms with van der Waals surface area (Å²) in [5, 5.41) is 0. The number of carbonyl (C=O) groups excluding carboxylic acids is 1. The van der Waals surface area contributed by atoms with Crippen LogP contribution in [0.5, 0.6) is 5.75 Å². The zero-order valence-corrected chi connectivity index (χ0v) is 10.1. The van der Waals surface area contributed by atoms with E-state index in [1.165, 1.54) is 0 Å². The van der Waals surface area contributed by atoms with Crippen LogP contribution in [0, 0.1) is 5.41 Å². The molecule has 1 aromatic rings. The molecule has 0 aromatic heterocycles. The molecule has 4 nitrogen and oxygen atoms in total. The summed E-state index contributed by atoms with van der Waals surface area (Å²) >= 11 is 0. The van der Waals surface area contributed by atoms with E-state index in [0.717, 1.165) is 5.75 Å². The number of esters is 1. The number of ether oxygens (including phenoxy) is 3. The molecule has 0 saturated carbocycles. The average Bonchev–Trinajstić information content (AvgIpc) is 2.33. The topological polar surface area (TPSA) is 44.8 Å². The molecule has 1 aromatic carbocycles. The minimum atomic E-state index is -0.305. The lowest BCUT2D eigenvalue weighted by Gasteiger charge is -2.37. The molecular weight excluding hydrogens is 220 g/mol. The largest absolute Gasteiger partial charge is 0.497 e. The van der Waals surface area contributed by atoms with Crippen LogP contribution in [0.25, 0.3) is 0 Å². The van der Waals surface area contributed by atoms with E-state index in [-0.39, 0.29) is 11.4 Å². The van der Waals surface area contributed by atoms with Crippen LogP contribution < -0.4 is 4.74 Å². The number of hydrogen-bond donors (Lipinski definition) is 0. The van der Waals surface area contributed by atoms with Gasteiger partial charge < -0.3 is 14.2 Å². The fourth-order valence-electron chi connectivity index (χ4n) is 1.58. The van der Waals surface area contributed by atoms with Gasteiger partial charge in [-0.3, -0.25) is 0 Å². The molecule has 0 N–H and O–H groups in total. The Morgan fingerprint density at radius 1 is 1.35 bits per heavy atom. The number of methoxy groups -OCH3 is 1. The second-order valence-electron chi connectivity index (χ2n) is 4.61. The zero-order chi connectivity index (χ0) is 12.3. The van der Waals surface area contributed by atoms with Gasteiger partial charge in [0.25, 0.3) is 0 Å². The molecule has 0 radical (unpaired) electrons. The Morgan fingerprint density at radius 2 is 2.00 bits per heavy atom. The highest BCUT2D eigenvalue weighted by molar-refractivity contribution is 5.89. The molecule has 1 saturated heterocycles. The summed E-state index contributed by atoms with van der Waals surface area (Å²) in [5.41, 5.74) is 0.525. The van der Waals surface area contributed by atoms with Crippen molar-refractivity contribution in [1.29, 1.82) is 0 Å². The van der Waals surface area contributed by atoms with Gasteiger partial charge in [-0.15, -0.1) is 0 Å². The first-order valence-electron chi connectivity index (χ1n) is 5.52. The van der Waals surface area contributed by atoms with Crippen molar-refractivity contribution >= 4 is 5.97 Å². The van der Waals surface area contributed by atoms with Crippen molar-refractivity contribution in [3.8, 4) is 5.75 Å². The van der Waals surface area contributed by atoms with Crippen molar-refractivity contribution in [2.75, 3.05) is 26.9 Å². The van der Waals surface area contributed by atoms with E-state index in [1.807, 2.05) is 6.92 Å². The van der Waals surface area contributed by atoms with Crippen molar-refractivity contribution in [3.05, 3.63) is 29.8 Å². The van der Waals surface area contributed by atoms with E-state index >= 15 is 0 Å². The first-order chi connectivity index (χ1) is 8.13. The maximum atomic E-state index is 11.7. The van der Waals surface area contributed by atoms with Gasteiger partial charge >= 0.3 is 5.97 Å². The maximum absolute atomic E-state index is 11.7. The van der Waals surface area contributed by atoms with Gasteiger partial charge in [0.15, 0.2) is 0 Å². The third kappa shape index (κ3) is 2.77. The molecule has 1 aliphatic rings. The Kier molecular flexibility index (Phi) is 3.33. The second-order valence-corrected chi connectivity index (χ2v) is 4.61. The van der Waals surface area contributed by atoms with Crippen molar-refractivity contribution in [3.63, 3.8) is 0 Å². The van der Waals surface area contributed by atoms with Crippen molar-refractivity contribution in [1.82, 2.24) is 0 Å². The number of rotatable bonds is 4. The van der Waals surface area contributed by atoms with Crippen LogP contribution in [0.1, 0.15) is 17.3 Å². The van der Waals surface area contributed by atoms with Crippen molar-refractivity contribution in [2.24, 2.45) is 5.41 Å². The molecule has 4 heteroatoms. The molecule has 1 heterocycles. The van der Waals surface area contributed by atoms with E-state index in [9.17, 15) is 4.79 Å². The van der Waals surface area contributed by atoms with E-state index < -0.39 is 0 Å². The van der Waals surface area contributed by atoms with Crippen LogP contribution in [-0.2, 0) is 9.47 Å². The summed E-state index contributed by atoms with van der Waals surface area (Å²) < 4.78 is 15.4. The Labute approximate surface area is 100 Å². The van der Waals surface area contributed by atoms with Gasteiger partial charge in [0.1, 0.15) is 12.4 Å². The lowest BCUT2D eigenvalue weighted by Crippen LogP contribution is -2.44. The van der Waals surface area contributed by atoms with Gasteiger partial charge in [-0.1, -0.05) is 6.92 Å². The molecule has 0 bridgehead atoms. The summed E-state index contributed by atoms with van der Waals surface area (Å²) in [5.74, 6) is 0.418. The zero-order valence-electron chi connectivity index (χ0n) is 10.1. The van der Waals surface area contributed by atoms with Gasteiger partial charge in [0.2, 0.25) is 0 Å². The molecule has 2 rings (SSSR count). The third-order valence-electron chi connectivity index (χ3n) is 2.78. The molecule has 1 aliphatic heterocycles. The Balaban J connectivity index is 1.90. The first kappa shape index (κ1) is 11.9. The van der Waals surface area contributed by atoms with Crippen LogP contribution in [-0.4, -0.2) is 32.9 Å². The molecule has 1 fully saturated rings. The summed E-state index contributed by atoms with van der Waals surface area (Å²) in [6.45, 7) is 3.75. The molecular formula is C13H16O4. The average molecular weight is 236 g/mol. The summed E-state index contributed by atoms with van der Waals surface area (Å²) in [6.07, 6.45) is 0. The molecule has 0 amide bonds. The molecule has 0 atom stereocenters. The highest BCUT2D eigenvalue weighted by atomic mass is 16.5. The van der Waals surface area contributed by atoms with Crippen LogP contribution in [0.15, 0.2) is 24.3 Å². The first-order valence-corrected chi connectivity index (χ1v) is 5.52. The van der Waals surface area contributed by atoms with Gasteiger partial charge in [0, 0.05) is 5.41 Å². The quantitative estimate of drug-likeness (QED) is 0.749. The predicted molar refractivity (Wildman–Crippen MR) is 62.2 cm³/mol. The molecule has 0 unspecified atom stereocenters. The van der Waals surface area contributed by atoms with E-state index in [1.54, 1.807) is 31.4 Å². The molecule has 0 aliphatic carbocycles. The lowest BCUT2D eigenvalue weighted by atomic mass is 9.90. The van der Waals surface area contributed by atoms with Crippen LogP contribution in [0.2, 0.25) is 0 Å². The lowest BCUT2D eigenvalue weighted by molar-refractivity contribution is -0.127. The highest BCUT2D eigenvalue weighted by Gasteiger charge is 2.34. The normalized spacial score (nSPS) is 17.1. The number of hydrogen-bond acceptors (Lipinski definition) is 4. The molecule has 0 spiro atoms. The minimum absolute atomic E-state index is 0.0118. The highest BCUT2D eigenvalue weighted by Crippen LogP contribution is 2.27. The predicted octanol–water partition coefficient (Wildman–Crippen LogP) is 1.89. The SMILES string of the molecule is COc1ccc(C(=O)OCC2(C)COC2)cc1. The third-order valence-corrected chi connectivity index (χ3v) is 2.78. The molecule has 17 heavy (non-hydrogen) atoms. The Morgan fingerprint density at radius 3 is 2.47 bits per heavy atom. The van der Waals surface area contributed by atoms with E-state index in [2.05, 4.69) is 0 Å². The summed E-state index contributed by atoms with van der Waals surface area (Å²) in [4.78, 5) is 11.7. The Hall–Kier alpha value is -1.55. The van der Waals surface area contributed by atoms with Crippen molar-refractivity contribution in [2.45, 2.75) is 6.92 Å². The monoisotopic (exact) mass is 236 g/mol. The minimum Gasteiger partial charge on any atom is -0.497 e. The van der Waals surface area contributed by atoms with Crippen molar-refractivity contribution < 1.29 is 19.0 Å². The number of carbonyl (C=O) groups is 1. The van der Waals surface area contributed by atoms with E-state index in [0.29, 0.717) is 25.4 Å². The Bertz CT molecular complexity index is 392. The van der Waals surface area contributed by atoms with Gasteiger partial charge in [-0.2, -0.15) is 0 Å². The fraction of sp³-hybridized carbons (Fsp3) is 0.462. The van der Waals surface area contributed by atoms with Gasteiger partial charge in [-0.25, -0.2) is 4.79 Å². The van der Waals surface area contributed by atoms with Gasteiger partial charge in [-0.05, 0) is 24.3 Å². The van der Waals surface area contributed by atoms with Crippen LogP contribution in [0.4, 0.5) is 0 Å². The van der Waals surface area contributed by atoms with Crippen LogP contribution >= 0.6 is 0 Å². The van der Waals surface area contributed by atoms with E-state index in [4.69, 9.17) is 14.2 Å². The number of benzene rings is 1. The van der Waals surface area contributed by atoms with Gasteiger partial charge in [0.05, 0.1) is 25.9 Å². The summed E-state index contributed by atoms with van der Waals surface area (Å²) in [6, 6.07) is 6.87. The van der Waals surface area contributed by atoms with Crippen LogP contribution in [0.3, 0.4) is 0 Å². The smallest absolute Gasteiger partial charge is 0.338 e. The fourth-order valence-corrected chi connectivity index (χ4v) is 1.58.